The highest BCUT2D eigenvalue weighted by Gasteiger charge is 2.47. The van der Waals surface area contributed by atoms with Crippen LogP contribution in [0.1, 0.15) is 53.9 Å². The third-order valence-electron chi connectivity index (χ3n) is 9.25. The Morgan fingerprint density at radius 2 is 1.69 bits per heavy atom. The van der Waals surface area contributed by atoms with Crippen LogP contribution in [0.25, 0.3) is 21.3 Å². The second-order valence-electron chi connectivity index (χ2n) is 12.8. The maximum Gasteiger partial charge on any atom is 0.471 e. The third-order valence-corrected chi connectivity index (χ3v) is 11.6. The molecule has 4 atom stereocenters. The number of ether oxygens (including phenoxy) is 2. The lowest BCUT2D eigenvalue weighted by molar-refractivity contribution is -0.245. The topological polar surface area (TPSA) is 101 Å². The summed E-state index contributed by atoms with van der Waals surface area (Å²) in [6, 6.07) is 30.1. The predicted octanol–water partition coefficient (Wildman–Crippen LogP) is 7.96. The van der Waals surface area contributed by atoms with E-state index in [1.54, 1.807) is 23.1 Å². The number of thiazole rings is 1. The first-order chi connectivity index (χ1) is 25.1. The summed E-state index contributed by atoms with van der Waals surface area (Å²) in [4.78, 5) is 30.0. The van der Waals surface area contributed by atoms with Gasteiger partial charge in [0.2, 0.25) is 5.91 Å². The van der Waals surface area contributed by atoms with Crippen molar-refractivity contribution in [2.45, 2.75) is 67.5 Å². The second kappa shape index (κ2) is 15.8. The minimum Gasteiger partial charge on any atom is -0.392 e. The van der Waals surface area contributed by atoms with Crippen molar-refractivity contribution in [2.75, 3.05) is 12.3 Å². The normalized spacial score (nSPS) is 20.7. The highest BCUT2D eigenvalue weighted by atomic mass is 32.2. The number of fused-ring (bicyclic) bond motifs is 1. The second-order valence-corrected chi connectivity index (χ2v) is 15.1. The van der Waals surface area contributed by atoms with E-state index in [9.17, 15) is 27.9 Å². The molecule has 2 fully saturated rings. The highest BCUT2D eigenvalue weighted by Crippen LogP contribution is 2.41. The Morgan fingerprint density at radius 3 is 2.44 bits per heavy atom. The number of hydrogen-bond acceptors (Lipinski definition) is 8. The van der Waals surface area contributed by atoms with Gasteiger partial charge >= 0.3 is 12.1 Å². The number of nitrogens with one attached hydrogen (secondary N) is 1. The summed E-state index contributed by atoms with van der Waals surface area (Å²) < 4.78 is 54.3. The number of likely N-dealkylation sites (tertiary alicyclic amines) is 1. The molecule has 0 spiro atoms. The summed E-state index contributed by atoms with van der Waals surface area (Å²) in [5, 5.41) is 12.3. The molecule has 2 amide bonds. The zero-order valence-corrected chi connectivity index (χ0v) is 29.6. The smallest absolute Gasteiger partial charge is 0.392 e. The fourth-order valence-corrected chi connectivity index (χ4v) is 8.66. The van der Waals surface area contributed by atoms with Gasteiger partial charge < -0.3 is 24.8 Å². The van der Waals surface area contributed by atoms with E-state index >= 15 is 0 Å². The minimum absolute atomic E-state index is 0.0321. The van der Waals surface area contributed by atoms with Crippen LogP contribution in [0, 0.1) is 0 Å². The van der Waals surface area contributed by atoms with E-state index in [-0.39, 0.29) is 38.3 Å². The van der Waals surface area contributed by atoms with Gasteiger partial charge in [-0.3, -0.25) is 9.59 Å². The number of nitrogens with zero attached hydrogens (tertiary/aromatic N) is 2. The molecule has 7 rings (SSSR count). The largest absolute Gasteiger partial charge is 0.471 e. The molecule has 8 nitrogen and oxygen atoms in total. The molecule has 13 heteroatoms. The van der Waals surface area contributed by atoms with Crippen molar-refractivity contribution in [3.63, 3.8) is 0 Å². The molecular weight excluding hydrogens is 712 g/mol. The van der Waals surface area contributed by atoms with Gasteiger partial charge in [-0.05, 0) is 58.9 Å². The molecule has 2 N–H and O–H groups in total. The van der Waals surface area contributed by atoms with Gasteiger partial charge in [-0.15, -0.1) is 11.3 Å². The molecular formula is C39H36F3N3O5S2. The van der Waals surface area contributed by atoms with Crippen molar-refractivity contribution >= 4 is 45.1 Å². The van der Waals surface area contributed by atoms with Crippen LogP contribution < -0.4 is 5.32 Å². The quantitative estimate of drug-likeness (QED) is 0.140. The number of rotatable bonds is 10. The van der Waals surface area contributed by atoms with Crippen LogP contribution >= 0.6 is 23.1 Å². The monoisotopic (exact) mass is 747 g/mol. The van der Waals surface area contributed by atoms with Crippen molar-refractivity contribution in [2.24, 2.45) is 0 Å². The Balaban J connectivity index is 1.03. The summed E-state index contributed by atoms with van der Waals surface area (Å²) in [6.45, 7) is -0.0211. The number of carbonyl (C=O) groups excluding carboxylic acids is 2. The Morgan fingerprint density at radius 1 is 0.923 bits per heavy atom. The molecule has 5 aromatic rings. The first-order valence-electron chi connectivity index (χ1n) is 17.0. The number of para-hydroxylation sites is 1. The van der Waals surface area contributed by atoms with E-state index in [0.717, 1.165) is 47.9 Å². The van der Waals surface area contributed by atoms with Crippen LogP contribution in [0.15, 0.2) is 101 Å². The van der Waals surface area contributed by atoms with Crippen LogP contribution in [0.5, 0.6) is 0 Å². The van der Waals surface area contributed by atoms with Crippen LogP contribution in [0.4, 0.5) is 13.2 Å². The highest BCUT2D eigenvalue weighted by molar-refractivity contribution is 8.01. The van der Waals surface area contributed by atoms with E-state index < -0.39 is 30.3 Å². The zero-order chi connectivity index (χ0) is 36.2. The fraction of sp³-hybridized carbons (Fsp3) is 0.308. The van der Waals surface area contributed by atoms with Crippen molar-refractivity contribution in [3.8, 4) is 11.1 Å². The molecule has 4 aromatic carbocycles. The number of aromatic nitrogens is 1. The van der Waals surface area contributed by atoms with Crippen LogP contribution in [0.2, 0.25) is 0 Å². The van der Waals surface area contributed by atoms with Crippen LogP contribution in [-0.4, -0.2) is 57.4 Å². The van der Waals surface area contributed by atoms with E-state index in [2.05, 4.69) is 11.4 Å². The van der Waals surface area contributed by atoms with Crippen molar-refractivity contribution < 1.29 is 37.3 Å². The van der Waals surface area contributed by atoms with E-state index in [1.165, 1.54) is 0 Å². The summed E-state index contributed by atoms with van der Waals surface area (Å²) >= 11 is 3.34. The summed E-state index contributed by atoms with van der Waals surface area (Å²) in [5.41, 5.74) is 6.26. The molecule has 1 aromatic heterocycles. The SMILES string of the molecule is O=C(NCc1cccc(-c2ccc(C3OC(CSc4nc5ccccc5s4)CC(c4ccc(CO)cc4)O3)cc2)c1)C1CCCN1C(=O)C(F)(F)F. The molecule has 0 saturated carbocycles. The number of aliphatic hydroxyl groups excluding tert-OH is 1. The first kappa shape index (κ1) is 36.1. The van der Waals surface area contributed by atoms with Crippen LogP contribution in [-0.2, 0) is 32.2 Å². The number of benzene rings is 4. The molecule has 4 unspecified atom stereocenters. The van der Waals surface area contributed by atoms with Crippen LogP contribution in [0.3, 0.4) is 0 Å². The lowest BCUT2D eigenvalue weighted by atomic mass is 9.99. The maximum absolute atomic E-state index is 13.0. The van der Waals surface area contributed by atoms with E-state index in [4.69, 9.17) is 14.5 Å². The molecule has 3 heterocycles. The molecule has 0 bridgehead atoms. The summed E-state index contributed by atoms with van der Waals surface area (Å²) in [5.74, 6) is -1.88. The standard InChI is InChI=1S/C39H36F3N3O5S2/c40-39(41,42)37(48)45-18-4-8-32(45)35(47)43-21-25-5-3-6-29(19-25)26-14-16-28(17-15-26)36-49-30(20-33(50-36)27-12-10-24(22-46)11-13-27)23-51-38-44-31-7-1-2-9-34(31)52-38/h1-3,5-7,9-17,19,30,32-33,36,46H,4,8,18,20-23H2,(H,43,47). The molecule has 270 valence electrons. The van der Waals surface area contributed by atoms with Crippen molar-refractivity contribution in [3.05, 3.63) is 119 Å². The van der Waals surface area contributed by atoms with Gasteiger partial charge in [0.15, 0.2) is 10.6 Å². The Kier molecular flexibility index (Phi) is 10.9. The minimum atomic E-state index is -5.02. The van der Waals surface area contributed by atoms with Gasteiger partial charge in [0.05, 0.1) is 29.0 Å². The number of thioether (sulfide) groups is 1. The van der Waals surface area contributed by atoms with Crippen molar-refractivity contribution in [1.29, 1.82) is 0 Å². The first-order valence-corrected chi connectivity index (χ1v) is 18.8. The van der Waals surface area contributed by atoms with Gasteiger partial charge in [0.1, 0.15) is 6.04 Å². The number of hydrogen-bond donors (Lipinski definition) is 2. The van der Waals surface area contributed by atoms with Gasteiger partial charge in [-0.2, -0.15) is 13.2 Å². The lowest BCUT2D eigenvalue weighted by Gasteiger charge is -2.36. The Bertz CT molecular complexity index is 1990. The number of carbonyl (C=O) groups is 2. The van der Waals surface area contributed by atoms with Gasteiger partial charge in [-0.25, -0.2) is 4.98 Å². The molecule has 0 radical (unpaired) electrons. The van der Waals surface area contributed by atoms with E-state index in [1.807, 2.05) is 91.0 Å². The van der Waals surface area contributed by atoms with Crippen molar-refractivity contribution in [1.82, 2.24) is 15.2 Å². The average Bonchev–Trinajstić information content (AvgIpc) is 3.83. The molecule has 2 saturated heterocycles. The third kappa shape index (κ3) is 8.34. The fourth-order valence-electron chi connectivity index (χ4n) is 6.55. The Labute approximate surface area is 307 Å². The summed E-state index contributed by atoms with van der Waals surface area (Å²) in [6.07, 6.45) is -4.79. The Hall–Kier alpha value is -4.27. The summed E-state index contributed by atoms with van der Waals surface area (Å²) in [7, 11) is 0. The number of aliphatic hydroxyl groups is 1. The maximum atomic E-state index is 13.0. The predicted molar refractivity (Wildman–Crippen MR) is 193 cm³/mol. The lowest BCUT2D eigenvalue weighted by Crippen LogP contribution is -2.50. The molecule has 2 aliphatic heterocycles. The van der Waals surface area contributed by atoms with Gasteiger partial charge in [-0.1, -0.05) is 90.6 Å². The molecule has 52 heavy (non-hydrogen) atoms. The van der Waals surface area contributed by atoms with E-state index in [0.29, 0.717) is 23.5 Å². The van der Waals surface area contributed by atoms with Gasteiger partial charge in [0, 0.05) is 30.8 Å². The molecule has 2 aliphatic rings. The number of halogens is 3. The zero-order valence-electron chi connectivity index (χ0n) is 27.9. The number of alkyl halides is 3. The average molecular weight is 748 g/mol. The molecule has 0 aliphatic carbocycles. The number of amides is 2. The van der Waals surface area contributed by atoms with Gasteiger partial charge in [0.25, 0.3) is 0 Å².